The lowest BCUT2D eigenvalue weighted by Gasteiger charge is -2.29. The molecule has 5 aromatic rings. The van der Waals surface area contributed by atoms with E-state index in [-0.39, 0.29) is 11.7 Å². The Morgan fingerprint density at radius 1 is 0.733 bits per heavy atom. The Labute approximate surface area is 261 Å². The molecule has 6 rings (SSSR count). The van der Waals surface area contributed by atoms with Gasteiger partial charge in [0.1, 0.15) is 19.0 Å². The second-order valence-electron chi connectivity index (χ2n) is 10.8. The van der Waals surface area contributed by atoms with Crippen molar-refractivity contribution < 1.29 is 23.0 Å². The van der Waals surface area contributed by atoms with Crippen molar-refractivity contribution in [2.45, 2.75) is 26.6 Å². The summed E-state index contributed by atoms with van der Waals surface area (Å²) in [5.74, 6) is -0.0927. The van der Waals surface area contributed by atoms with Gasteiger partial charge >= 0.3 is 0 Å². The van der Waals surface area contributed by atoms with Gasteiger partial charge in [-0.25, -0.2) is 13.8 Å². The SMILES string of the molecule is COc1nc(C)c(C2=CCN(c3ccc(-c4ccc(OCc5ccccc5)nc4OCc4ccccc4)cc3F)CC2)cc1F. The van der Waals surface area contributed by atoms with Crippen molar-refractivity contribution >= 4 is 11.3 Å². The second kappa shape index (κ2) is 13.6. The number of aromatic nitrogens is 2. The number of ether oxygens (including phenoxy) is 3. The average Bonchev–Trinajstić information content (AvgIpc) is 3.08. The number of hydrogen-bond acceptors (Lipinski definition) is 6. The highest BCUT2D eigenvalue weighted by Crippen LogP contribution is 2.35. The van der Waals surface area contributed by atoms with E-state index >= 15 is 4.39 Å². The zero-order valence-corrected chi connectivity index (χ0v) is 25.2. The smallest absolute Gasteiger partial charge is 0.250 e. The number of hydrogen-bond donors (Lipinski definition) is 0. The Morgan fingerprint density at radius 3 is 2.09 bits per heavy atom. The number of methoxy groups -OCH3 is 1. The maximum Gasteiger partial charge on any atom is 0.250 e. The third kappa shape index (κ3) is 6.96. The predicted octanol–water partition coefficient (Wildman–Crippen LogP) is 8.19. The fraction of sp³-hybridized carbons (Fsp3) is 0.189. The molecule has 0 bridgehead atoms. The third-order valence-corrected chi connectivity index (χ3v) is 7.76. The number of rotatable bonds is 10. The normalized spacial score (nSPS) is 12.9. The van der Waals surface area contributed by atoms with Gasteiger partial charge in [0, 0.05) is 36.0 Å². The van der Waals surface area contributed by atoms with Crippen LogP contribution in [-0.4, -0.2) is 30.2 Å². The molecule has 8 heteroatoms. The van der Waals surface area contributed by atoms with Crippen molar-refractivity contribution in [1.29, 1.82) is 0 Å². The summed E-state index contributed by atoms with van der Waals surface area (Å²) in [6.45, 7) is 3.56. The number of benzene rings is 3. The van der Waals surface area contributed by atoms with Gasteiger partial charge < -0.3 is 19.1 Å². The zero-order valence-electron chi connectivity index (χ0n) is 25.2. The van der Waals surface area contributed by atoms with Gasteiger partial charge in [0.2, 0.25) is 17.6 Å². The first-order chi connectivity index (χ1) is 22.0. The first-order valence-corrected chi connectivity index (χ1v) is 14.8. The van der Waals surface area contributed by atoms with E-state index in [1.807, 2.05) is 90.7 Å². The fourth-order valence-electron chi connectivity index (χ4n) is 5.38. The minimum atomic E-state index is -0.500. The fourth-order valence-corrected chi connectivity index (χ4v) is 5.38. The maximum atomic E-state index is 15.7. The lowest BCUT2D eigenvalue weighted by Crippen LogP contribution is -2.29. The Morgan fingerprint density at radius 2 is 1.44 bits per heavy atom. The number of pyridine rings is 2. The van der Waals surface area contributed by atoms with E-state index in [0.29, 0.717) is 67.0 Å². The summed E-state index contributed by atoms with van der Waals surface area (Å²) >= 11 is 0. The largest absolute Gasteiger partial charge is 0.479 e. The van der Waals surface area contributed by atoms with Gasteiger partial charge in [-0.3, -0.25) is 0 Å². The van der Waals surface area contributed by atoms with Crippen LogP contribution < -0.4 is 19.1 Å². The van der Waals surface area contributed by atoms with Crippen molar-refractivity contribution in [3.8, 4) is 28.8 Å². The first-order valence-electron chi connectivity index (χ1n) is 14.8. The van der Waals surface area contributed by atoms with E-state index in [2.05, 4.69) is 9.97 Å². The van der Waals surface area contributed by atoms with E-state index in [1.165, 1.54) is 19.2 Å². The molecule has 6 nitrogen and oxygen atoms in total. The van der Waals surface area contributed by atoms with Crippen LogP contribution in [0.15, 0.2) is 103 Å². The van der Waals surface area contributed by atoms with E-state index in [1.54, 1.807) is 12.1 Å². The zero-order chi connectivity index (χ0) is 31.2. The summed E-state index contributed by atoms with van der Waals surface area (Å²) in [6.07, 6.45) is 2.63. The Hall–Kier alpha value is -5.24. The summed E-state index contributed by atoms with van der Waals surface area (Å²) < 4.78 is 47.2. The molecule has 3 aromatic carbocycles. The van der Waals surface area contributed by atoms with Gasteiger partial charge in [-0.15, -0.1) is 0 Å². The molecular weight excluding hydrogens is 572 g/mol. The van der Waals surface area contributed by atoms with Crippen molar-refractivity contribution in [3.05, 3.63) is 137 Å². The van der Waals surface area contributed by atoms with Gasteiger partial charge in [-0.2, -0.15) is 4.98 Å². The first kappa shape index (κ1) is 29.8. The van der Waals surface area contributed by atoms with Crippen LogP contribution >= 0.6 is 0 Å². The van der Waals surface area contributed by atoms with Gasteiger partial charge in [0.15, 0.2) is 5.82 Å². The standard InChI is InChI=1S/C37H33F2N3O3/c1-25-31(22-33(39)37(40-25)43-2)28-17-19-42(20-18-28)34-15-13-29(21-32(34)38)30-14-16-35(44-23-26-9-5-3-6-10-26)41-36(30)45-24-27-11-7-4-8-12-27/h3-17,21-22H,18-20,23-24H2,1-2H3. The summed E-state index contributed by atoms with van der Waals surface area (Å²) in [6, 6.07) is 29.9. The summed E-state index contributed by atoms with van der Waals surface area (Å²) in [5, 5.41) is 0. The molecule has 0 aliphatic carbocycles. The predicted molar refractivity (Wildman–Crippen MR) is 171 cm³/mol. The molecule has 0 unspecified atom stereocenters. The Balaban J connectivity index is 1.22. The molecule has 0 radical (unpaired) electrons. The lowest BCUT2D eigenvalue weighted by molar-refractivity contribution is 0.268. The monoisotopic (exact) mass is 605 g/mol. The molecule has 1 aliphatic rings. The van der Waals surface area contributed by atoms with Crippen LogP contribution in [0.4, 0.5) is 14.5 Å². The molecule has 3 heterocycles. The van der Waals surface area contributed by atoms with Crippen molar-refractivity contribution in [2.75, 3.05) is 25.1 Å². The molecule has 0 spiro atoms. The van der Waals surface area contributed by atoms with Crippen LogP contribution in [0.1, 0.15) is 28.8 Å². The van der Waals surface area contributed by atoms with Gasteiger partial charge in [-0.1, -0.05) is 72.8 Å². The van der Waals surface area contributed by atoms with Crippen LogP contribution in [0.5, 0.6) is 17.6 Å². The van der Waals surface area contributed by atoms with E-state index in [0.717, 1.165) is 22.3 Å². The molecule has 0 N–H and O–H groups in total. The number of anilines is 1. The minimum absolute atomic E-state index is 0.0189. The topological polar surface area (TPSA) is 56.7 Å². The van der Waals surface area contributed by atoms with Gasteiger partial charge in [0.05, 0.1) is 12.8 Å². The highest BCUT2D eigenvalue weighted by molar-refractivity contribution is 5.73. The molecule has 2 aromatic heterocycles. The Kier molecular flexibility index (Phi) is 9.01. The number of nitrogens with zero attached hydrogens (tertiary/aromatic N) is 3. The molecule has 228 valence electrons. The average molecular weight is 606 g/mol. The van der Waals surface area contributed by atoms with Crippen molar-refractivity contribution in [1.82, 2.24) is 9.97 Å². The molecule has 0 amide bonds. The molecule has 45 heavy (non-hydrogen) atoms. The lowest BCUT2D eigenvalue weighted by atomic mass is 9.97. The van der Waals surface area contributed by atoms with E-state index in [9.17, 15) is 4.39 Å². The van der Waals surface area contributed by atoms with Gasteiger partial charge in [-0.05, 0) is 59.9 Å². The van der Waals surface area contributed by atoms with Crippen LogP contribution in [-0.2, 0) is 13.2 Å². The highest BCUT2D eigenvalue weighted by Gasteiger charge is 2.21. The summed E-state index contributed by atoms with van der Waals surface area (Å²) in [7, 11) is 1.40. The van der Waals surface area contributed by atoms with Crippen LogP contribution in [0.25, 0.3) is 16.7 Å². The van der Waals surface area contributed by atoms with E-state index < -0.39 is 5.82 Å². The van der Waals surface area contributed by atoms with Crippen molar-refractivity contribution in [2.24, 2.45) is 0 Å². The molecule has 0 saturated carbocycles. The molecule has 1 aliphatic heterocycles. The quantitative estimate of drug-likeness (QED) is 0.160. The maximum absolute atomic E-state index is 15.7. The van der Waals surface area contributed by atoms with E-state index in [4.69, 9.17) is 14.2 Å². The van der Waals surface area contributed by atoms with Gasteiger partial charge in [0.25, 0.3) is 0 Å². The number of aryl methyl sites for hydroxylation is 1. The van der Waals surface area contributed by atoms with Crippen LogP contribution in [0.2, 0.25) is 0 Å². The highest BCUT2D eigenvalue weighted by atomic mass is 19.1. The molecule has 0 atom stereocenters. The molecule has 0 fully saturated rings. The molecule has 0 saturated heterocycles. The third-order valence-electron chi connectivity index (χ3n) is 7.76. The Bertz CT molecular complexity index is 1810. The summed E-state index contributed by atoms with van der Waals surface area (Å²) in [5.41, 5.74) is 6.23. The van der Waals surface area contributed by atoms with Crippen molar-refractivity contribution in [3.63, 3.8) is 0 Å². The number of halogens is 2. The van der Waals surface area contributed by atoms with Crippen LogP contribution in [0, 0.1) is 18.6 Å². The van der Waals surface area contributed by atoms with Crippen LogP contribution in [0.3, 0.4) is 0 Å². The summed E-state index contributed by atoms with van der Waals surface area (Å²) in [4.78, 5) is 10.9. The minimum Gasteiger partial charge on any atom is -0.479 e. The molecular formula is C37H33F2N3O3. The second-order valence-corrected chi connectivity index (χ2v) is 10.8.